The highest BCUT2D eigenvalue weighted by Gasteiger charge is 2.38. The maximum atomic E-state index is 14.7. The van der Waals surface area contributed by atoms with Crippen molar-refractivity contribution in [2.75, 3.05) is 26.2 Å². The molecule has 2 N–H and O–H groups in total. The number of nitrogens with one attached hydrogen (secondary N) is 2. The Morgan fingerprint density at radius 1 is 1.08 bits per heavy atom. The number of likely N-dealkylation sites (tertiary alicyclic amines) is 1. The summed E-state index contributed by atoms with van der Waals surface area (Å²) in [5.41, 5.74) is 1.24. The van der Waals surface area contributed by atoms with Crippen LogP contribution in [0.4, 0.5) is 4.39 Å². The van der Waals surface area contributed by atoms with Crippen molar-refractivity contribution >= 4 is 16.7 Å². The highest BCUT2D eigenvalue weighted by atomic mass is 19.1. The smallest absolute Gasteiger partial charge is 0.272 e. The predicted molar refractivity (Wildman–Crippen MR) is 142 cm³/mol. The van der Waals surface area contributed by atoms with Gasteiger partial charge in [-0.25, -0.2) is 9.49 Å². The average Bonchev–Trinajstić information content (AvgIpc) is 3.47. The highest BCUT2D eigenvalue weighted by Crippen LogP contribution is 2.30. The van der Waals surface area contributed by atoms with E-state index in [0.717, 1.165) is 37.2 Å². The zero-order valence-electron chi connectivity index (χ0n) is 21.6. The van der Waals surface area contributed by atoms with Gasteiger partial charge in [0.05, 0.1) is 22.7 Å². The fourth-order valence-corrected chi connectivity index (χ4v) is 5.32. The molecule has 2 aromatic carbocycles. The van der Waals surface area contributed by atoms with E-state index in [0.29, 0.717) is 47.8 Å². The van der Waals surface area contributed by atoms with Gasteiger partial charge in [0.25, 0.3) is 11.5 Å². The number of aromatic nitrogens is 2. The summed E-state index contributed by atoms with van der Waals surface area (Å²) < 4.78 is 20.7. The van der Waals surface area contributed by atoms with Gasteiger partial charge in [-0.15, -0.1) is 0 Å². The van der Waals surface area contributed by atoms with Crippen LogP contribution in [0.1, 0.15) is 61.1 Å². The maximum absolute atomic E-state index is 14.7. The molecule has 0 spiro atoms. The molecule has 0 bridgehead atoms. The number of halogens is 1. The van der Waals surface area contributed by atoms with Gasteiger partial charge in [-0.1, -0.05) is 26.3 Å². The molecule has 3 heterocycles. The number of nitrogens with zero attached hydrogens (tertiary/aromatic N) is 2. The molecule has 3 aliphatic rings. The normalized spacial score (nSPS) is 20.8. The van der Waals surface area contributed by atoms with Gasteiger partial charge in [0, 0.05) is 38.0 Å². The Labute approximate surface area is 216 Å². The van der Waals surface area contributed by atoms with E-state index in [4.69, 9.17) is 4.74 Å². The lowest BCUT2D eigenvalue weighted by Gasteiger charge is -2.26. The Kier molecular flexibility index (Phi) is 7.55. The Hall–Kier alpha value is -3.26. The first-order chi connectivity index (χ1) is 18.0. The van der Waals surface area contributed by atoms with E-state index in [9.17, 15) is 14.0 Å². The summed E-state index contributed by atoms with van der Waals surface area (Å²) in [6.07, 6.45) is 5.09. The van der Waals surface area contributed by atoms with Crippen molar-refractivity contribution in [1.82, 2.24) is 20.4 Å². The van der Waals surface area contributed by atoms with Crippen molar-refractivity contribution in [3.05, 3.63) is 69.4 Å². The van der Waals surface area contributed by atoms with E-state index in [2.05, 4.69) is 29.4 Å². The number of carbonyl (C=O) groups excluding carboxylic acids is 1. The molecular weight excluding hydrogens is 471 g/mol. The van der Waals surface area contributed by atoms with Crippen LogP contribution in [0.3, 0.4) is 0 Å². The third-order valence-corrected chi connectivity index (χ3v) is 7.50. The summed E-state index contributed by atoms with van der Waals surface area (Å²) in [7, 11) is 0. The summed E-state index contributed by atoms with van der Waals surface area (Å²) in [5, 5.41) is 11.4. The zero-order valence-corrected chi connectivity index (χ0v) is 21.6. The fraction of sp³-hybridized carbons (Fsp3) is 0.483. The molecular formula is C29H35FN4O3. The second kappa shape index (κ2) is 11.0. The number of carbonyl (C=O) groups is 1. The third kappa shape index (κ3) is 5.39. The van der Waals surface area contributed by atoms with Gasteiger partial charge >= 0.3 is 0 Å². The largest absolute Gasteiger partial charge is 0.490 e. The van der Waals surface area contributed by atoms with Crippen molar-refractivity contribution in [1.29, 1.82) is 0 Å². The number of amides is 1. The van der Waals surface area contributed by atoms with Crippen LogP contribution in [-0.4, -0.2) is 53.3 Å². The van der Waals surface area contributed by atoms with Crippen LogP contribution < -0.4 is 15.6 Å². The Bertz CT molecular complexity index is 1320. The number of benzene rings is 2. The van der Waals surface area contributed by atoms with Gasteiger partial charge in [-0.05, 0) is 67.0 Å². The molecule has 2 unspecified atom stereocenters. The minimum atomic E-state index is -0.514. The molecule has 2 aliphatic heterocycles. The number of H-pyrrole nitrogens is 1. The molecule has 2 atom stereocenters. The average molecular weight is 507 g/mol. The van der Waals surface area contributed by atoms with Crippen molar-refractivity contribution in [2.24, 2.45) is 11.8 Å². The molecule has 2 saturated heterocycles. The molecule has 6 rings (SSSR count). The first-order valence-corrected chi connectivity index (χ1v) is 13.4. The summed E-state index contributed by atoms with van der Waals surface area (Å²) >= 11 is 0. The van der Waals surface area contributed by atoms with E-state index < -0.39 is 5.82 Å². The molecule has 8 heteroatoms. The second-order valence-electron chi connectivity index (χ2n) is 10.5. The number of hydrogen-bond donors (Lipinski definition) is 2. The molecule has 1 aromatic heterocycles. The molecule has 37 heavy (non-hydrogen) atoms. The fourth-order valence-electron chi connectivity index (χ4n) is 5.32. The minimum absolute atomic E-state index is 0.0909. The van der Waals surface area contributed by atoms with Crippen LogP contribution in [-0.2, 0) is 6.42 Å². The predicted octanol–water partition coefficient (Wildman–Crippen LogP) is 4.29. The van der Waals surface area contributed by atoms with Crippen LogP contribution in [0, 0.1) is 17.7 Å². The molecule has 1 aliphatic carbocycles. The standard InChI is InChI=1S/C26H27FN4O3.C3H8/c27-23-7-4-15(8-22(23)26(33)31-13-16-11-28-12-17(16)14-31)9-24-21-10-19(34-18-2-1-3-18)5-6-20(21)25(32)30-29-24;1-3-2/h4-8,10,16-18,28H,1-3,9,11-14H2,(H,30,32);3H2,1-2H3. The zero-order chi connectivity index (χ0) is 25.9. The van der Waals surface area contributed by atoms with Crippen molar-refractivity contribution in [3.63, 3.8) is 0 Å². The van der Waals surface area contributed by atoms with E-state index in [1.807, 2.05) is 12.1 Å². The first kappa shape index (κ1) is 25.4. The van der Waals surface area contributed by atoms with Gasteiger partial charge in [-0.3, -0.25) is 9.59 Å². The second-order valence-corrected chi connectivity index (χ2v) is 10.5. The Morgan fingerprint density at radius 3 is 2.49 bits per heavy atom. The minimum Gasteiger partial charge on any atom is -0.490 e. The summed E-state index contributed by atoms with van der Waals surface area (Å²) in [6, 6.07) is 10.1. The van der Waals surface area contributed by atoms with Crippen LogP contribution in [0.2, 0.25) is 0 Å². The lowest BCUT2D eigenvalue weighted by Crippen LogP contribution is -2.32. The van der Waals surface area contributed by atoms with Gasteiger partial charge in [-0.2, -0.15) is 5.10 Å². The molecule has 0 radical (unpaired) electrons. The number of rotatable bonds is 5. The summed E-state index contributed by atoms with van der Waals surface area (Å²) in [6.45, 7) is 7.40. The van der Waals surface area contributed by atoms with Crippen LogP contribution in [0.5, 0.6) is 5.75 Å². The topological polar surface area (TPSA) is 87.3 Å². The van der Waals surface area contributed by atoms with Gasteiger partial charge in [0.15, 0.2) is 0 Å². The number of hydrogen-bond acceptors (Lipinski definition) is 5. The monoisotopic (exact) mass is 506 g/mol. The number of fused-ring (bicyclic) bond motifs is 2. The van der Waals surface area contributed by atoms with E-state index >= 15 is 0 Å². The molecule has 1 saturated carbocycles. The van der Waals surface area contributed by atoms with Crippen LogP contribution in [0.25, 0.3) is 10.8 Å². The van der Waals surface area contributed by atoms with E-state index in [-0.39, 0.29) is 23.1 Å². The van der Waals surface area contributed by atoms with Crippen molar-refractivity contribution in [2.45, 2.75) is 52.1 Å². The lowest BCUT2D eigenvalue weighted by atomic mass is 9.96. The van der Waals surface area contributed by atoms with Crippen LogP contribution in [0.15, 0.2) is 41.2 Å². The molecule has 1 amide bonds. The number of ether oxygens (including phenoxy) is 1. The van der Waals surface area contributed by atoms with Crippen molar-refractivity contribution < 1.29 is 13.9 Å². The lowest BCUT2D eigenvalue weighted by molar-refractivity contribution is 0.0777. The quantitative estimate of drug-likeness (QED) is 0.539. The summed E-state index contributed by atoms with van der Waals surface area (Å²) in [4.78, 5) is 27.2. The van der Waals surface area contributed by atoms with Crippen LogP contribution >= 0.6 is 0 Å². The Balaban J connectivity index is 0.000000892. The molecule has 7 nitrogen and oxygen atoms in total. The first-order valence-electron chi connectivity index (χ1n) is 13.4. The van der Waals surface area contributed by atoms with Crippen molar-refractivity contribution in [3.8, 4) is 5.75 Å². The summed E-state index contributed by atoms with van der Waals surface area (Å²) in [5.74, 6) is 0.838. The highest BCUT2D eigenvalue weighted by molar-refractivity contribution is 5.95. The van der Waals surface area contributed by atoms with Gasteiger partial charge in [0.2, 0.25) is 0 Å². The third-order valence-electron chi connectivity index (χ3n) is 7.50. The van der Waals surface area contributed by atoms with E-state index in [1.165, 1.54) is 18.9 Å². The number of aromatic amines is 1. The maximum Gasteiger partial charge on any atom is 0.272 e. The molecule has 196 valence electrons. The van der Waals surface area contributed by atoms with Gasteiger partial charge in [0.1, 0.15) is 11.6 Å². The molecule has 3 aromatic rings. The SMILES string of the molecule is CCC.O=C(c1cc(Cc2n[nH]c(=O)c3ccc(OC4CCC4)cc23)ccc1F)N1CC2CNCC2C1. The Morgan fingerprint density at radius 2 is 1.81 bits per heavy atom. The van der Waals surface area contributed by atoms with E-state index in [1.54, 1.807) is 23.1 Å². The molecule has 3 fully saturated rings. The van der Waals surface area contributed by atoms with Gasteiger partial charge < -0.3 is 15.0 Å².